The van der Waals surface area contributed by atoms with E-state index in [-0.39, 0.29) is 7.12 Å². The summed E-state index contributed by atoms with van der Waals surface area (Å²) in [6.07, 6.45) is 16.3. The zero-order chi connectivity index (χ0) is 19.6. The van der Waals surface area contributed by atoms with E-state index in [4.69, 9.17) is 9.31 Å². The van der Waals surface area contributed by atoms with E-state index in [1.165, 1.54) is 88.1 Å². The van der Waals surface area contributed by atoms with E-state index in [9.17, 15) is 0 Å². The third kappa shape index (κ3) is 6.63. The molecule has 0 aromatic heterocycles. The highest BCUT2D eigenvalue weighted by Crippen LogP contribution is 2.37. The lowest BCUT2D eigenvalue weighted by molar-refractivity contribution is 0.0810. The van der Waals surface area contributed by atoms with Crippen LogP contribution in [-0.2, 0) is 9.31 Å². The normalized spacial score (nSPS) is 23.9. The van der Waals surface area contributed by atoms with Crippen LogP contribution in [0.3, 0.4) is 0 Å². The molecule has 156 valence electrons. The van der Waals surface area contributed by atoms with E-state index in [1.807, 2.05) is 0 Å². The first kappa shape index (κ1) is 21.9. The van der Waals surface area contributed by atoms with Crippen LogP contribution in [0.15, 0.2) is 24.3 Å². The Labute approximate surface area is 173 Å². The number of hydrogen-bond donors (Lipinski definition) is 0. The van der Waals surface area contributed by atoms with Crippen molar-refractivity contribution in [2.75, 3.05) is 13.2 Å². The predicted molar refractivity (Wildman–Crippen MR) is 120 cm³/mol. The number of unbranched alkanes of at least 4 members (excludes halogenated alkanes) is 4. The monoisotopic (exact) mass is 384 g/mol. The second kappa shape index (κ2) is 12.0. The largest absolute Gasteiger partial charge is 0.493 e. The quantitative estimate of drug-likeness (QED) is 0.340. The Morgan fingerprint density at radius 1 is 0.750 bits per heavy atom. The summed E-state index contributed by atoms with van der Waals surface area (Å²) < 4.78 is 12.1. The lowest BCUT2D eigenvalue weighted by Crippen LogP contribution is -2.44. The second-order valence-electron chi connectivity index (χ2n) is 9.24. The molecule has 1 saturated heterocycles. The second-order valence-corrected chi connectivity index (χ2v) is 9.24. The Hall–Kier alpha value is -0.795. The van der Waals surface area contributed by atoms with E-state index >= 15 is 0 Å². The number of hydrogen-bond acceptors (Lipinski definition) is 2. The first-order valence-electron chi connectivity index (χ1n) is 12.1. The average Bonchev–Trinajstić information content (AvgIpc) is 2.75. The molecule has 1 heterocycles. The molecule has 2 fully saturated rings. The molecule has 28 heavy (non-hydrogen) atoms. The molecule has 1 aromatic rings. The van der Waals surface area contributed by atoms with E-state index in [1.54, 1.807) is 0 Å². The van der Waals surface area contributed by atoms with E-state index < -0.39 is 0 Å². The van der Waals surface area contributed by atoms with Crippen molar-refractivity contribution in [2.45, 2.75) is 96.8 Å². The molecule has 0 unspecified atom stereocenters. The van der Waals surface area contributed by atoms with Crippen molar-refractivity contribution < 1.29 is 9.31 Å². The van der Waals surface area contributed by atoms with Crippen molar-refractivity contribution in [1.29, 1.82) is 0 Å². The zero-order valence-electron chi connectivity index (χ0n) is 18.3. The highest BCUT2D eigenvalue weighted by Gasteiger charge is 2.29. The molecule has 0 spiro atoms. The minimum absolute atomic E-state index is 0.161. The molecule has 0 amide bonds. The molecule has 0 atom stereocenters. The van der Waals surface area contributed by atoms with E-state index in [2.05, 4.69) is 38.1 Å². The van der Waals surface area contributed by atoms with Gasteiger partial charge in [0.05, 0.1) is 0 Å². The smallest absolute Gasteiger partial charge is 0.407 e. The predicted octanol–water partition coefficient (Wildman–Crippen LogP) is 6.48. The van der Waals surface area contributed by atoms with E-state index in [0.717, 1.165) is 25.0 Å². The van der Waals surface area contributed by atoms with Crippen LogP contribution >= 0.6 is 0 Å². The van der Waals surface area contributed by atoms with Gasteiger partial charge in [-0.2, -0.15) is 0 Å². The third-order valence-corrected chi connectivity index (χ3v) is 6.91. The number of benzene rings is 1. The maximum Gasteiger partial charge on any atom is 0.493 e. The first-order chi connectivity index (χ1) is 13.8. The van der Waals surface area contributed by atoms with Crippen LogP contribution in [-0.4, -0.2) is 20.3 Å². The van der Waals surface area contributed by atoms with Gasteiger partial charge in [0.25, 0.3) is 0 Å². The Kier molecular flexibility index (Phi) is 9.41. The Morgan fingerprint density at radius 2 is 1.43 bits per heavy atom. The number of rotatable bonds is 10. The molecular weight excluding hydrogens is 343 g/mol. The molecule has 1 aliphatic carbocycles. The fourth-order valence-electron chi connectivity index (χ4n) is 5.06. The van der Waals surface area contributed by atoms with Gasteiger partial charge in [-0.1, -0.05) is 83.1 Å². The molecular formula is C25H41BO2. The molecule has 0 N–H and O–H groups in total. The molecule has 2 nitrogen and oxygen atoms in total. The van der Waals surface area contributed by atoms with Crippen molar-refractivity contribution in [3.8, 4) is 0 Å². The van der Waals surface area contributed by atoms with Gasteiger partial charge in [-0.25, -0.2) is 0 Å². The zero-order valence-corrected chi connectivity index (χ0v) is 18.3. The topological polar surface area (TPSA) is 18.5 Å². The van der Waals surface area contributed by atoms with Crippen molar-refractivity contribution in [3.63, 3.8) is 0 Å². The molecule has 0 radical (unpaired) electrons. The maximum absolute atomic E-state index is 6.06. The van der Waals surface area contributed by atoms with Crippen LogP contribution in [0.25, 0.3) is 0 Å². The summed E-state index contributed by atoms with van der Waals surface area (Å²) in [5.74, 6) is 2.31. The summed E-state index contributed by atoms with van der Waals surface area (Å²) in [5, 5.41) is 0. The van der Waals surface area contributed by atoms with Crippen molar-refractivity contribution in [3.05, 3.63) is 29.8 Å². The van der Waals surface area contributed by atoms with Gasteiger partial charge in [-0.15, -0.1) is 0 Å². The van der Waals surface area contributed by atoms with Crippen LogP contribution < -0.4 is 5.46 Å². The van der Waals surface area contributed by atoms with Gasteiger partial charge in [-0.05, 0) is 55.0 Å². The Morgan fingerprint density at radius 3 is 2.07 bits per heavy atom. The van der Waals surface area contributed by atoms with Crippen LogP contribution in [0.1, 0.15) is 102 Å². The maximum atomic E-state index is 6.06. The third-order valence-electron chi connectivity index (χ3n) is 6.91. The summed E-state index contributed by atoms with van der Waals surface area (Å²) in [5.41, 5.74) is 2.70. The van der Waals surface area contributed by atoms with Gasteiger partial charge in [0.15, 0.2) is 0 Å². The molecule has 3 heteroatoms. The van der Waals surface area contributed by atoms with Crippen molar-refractivity contribution in [2.24, 2.45) is 11.8 Å². The van der Waals surface area contributed by atoms with E-state index in [0.29, 0.717) is 5.92 Å². The summed E-state index contributed by atoms with van der Waals surface area (Å²) in [7, 11) is -0.161. The minimum Gasteiger partial charge on any atom is -0.407 e. The molecule has 0 bridgehead atoms. The van der Waals surface area contributed by atoms with Gasteiger partial charge in [0, 0.05) is 19.1 Å². The summed E-state index contributed by atoms with van der Waals surface area (Å²) in [6, 6.07) is 9.13. The Balaban J connectivity index is 1.39. The highest BCUT2D eigenvalue weighted by atomic mass is 16.6. The van der Waals surface area contributed by atoms with Crippen molar-refractivity contribution in [1.82, 2.24) is 0 Å². The highest BCUT2D eigenvalue weighted by molar-refractivity contribution is 6.61. The first-order valence-corrected chi connectivity index (χ1v) is 12.1. The average molecular weight is 384 g/mol. The van der Waals surface area contributed by atoms with Gasteiger partial charge in [-0.3, -0.25) is 0 Å². The van der Waals surface area contributed by atoms with Crippen LogP contribution in [0.5, 0.6) is 0 Å². The molecule has 2 aliphatic rings. The minimum atomic E-state index is -0.161. The lowest BCUT2D eigenvalue weighted by Gasteiger charge is -2.29. The molecule has 1 aliphatic heterocycles. The van der Waals surface area contributed by atoms with Gasteiger partial charge in [0.2, 0.25) is 0 Å². The van der Waals surface area contributed by atoms with Gasteiger partial charge in [0.1, 0.15) is 0 Å². The molecule has 1 aromatic carbocycles. The van der Waals surface area contributed by atoms with Crippen LogP contribution in [0.4, 0.5) is 0 Å². The van der Waals surface area contributed by atoms with Crippen molar-refractivity contribution >= 4 is 12.6 Å². The lowest BCUT2D eigenvalue weighted by atomic mass is 9.74. The van der Waals surface area contributed by atoms with Gasteiger partial charge < -0.3 is 9.31 Å². The van der Waals surface area contributed by atoms with Crippen LogP contribution in [0, 0.1) is 11.8 Å². The summed E-state index contributed by atoms with van der Waals surface area (Å²) in [6.45, 7) is 6.28. The SMILES string of the molecule is CCCCCCCC1COB(c2ccc(C3CCC(CCC)CC3)cc2)OC1. The fraction of sp³-hybridized carbons (Fsp3) is 0.760. The molecule has 1 saturated carbocycles. The summed E-state index contributed by atoms with van der Waals surface area (Å²) in [4.78, 5) is 0. The Bertz CT molecular complexity index is 528. The van der Waals surface area contributed by atoms with Gasteiger partial charge >= 0.3 is 7.12 Å². The summed E-state index contributed by atoms with van der Waals surface area (Å²) >= 11 is 0. The van der Waals surface area contributed by atoms with Crippen LogP contribution in [0.2, 0.25) is 0 Å². The standard InChI is InChI=1S/C25H41BO2/c1-3-5-6-7-8-10-22-19-27-26(28-20-22)25-17-15-24(16-18-25)23-13-11-21(9-4-2)12-14-23/h15-18,21-23H,3-14,19-20H2,1-2H3. The fourth-order valence-corrected chi connectivity index (χ4v) is 5.06. The molecule has 3 rings (SSSR count).